The fourth-order valence-corrected chi connectivity index (χ4v) is 3.75. The average molecular weight is 393 g/mol. The van der Waals surface area contributed by atoms with Crippen LogP contribution in [0.5, 0.6) is 17.2 Å². The van der Waals surface area contributed by atoms with Crippen molar-refractivity contribution in [3.05, 3.63) is 48.0 Å². The van der Waals surface area contributed by atoms with Crippen LogP contribution in [-0.2, 0) is 21.2 Å². The van der Waals surface area contributed by atoms with Crippen LogP contribution in [0.3, 0.4) is 0 Å². The first-order valence-electron chi connectivity index (χ1n) is 8.24. The number of methoxy groups -OCH3 is 3. The molecule has 0 saturated carbocycles. The van der Waals surface area contributed by atoms with Gasteiger partial charge in [0, 0.05) is 24.6 Å². The molecule has 0 aliphatic carbocycles. The summed E-state index contributed by atoms with van der Waals surface area (Å²) in [7, 11) is 1.05. The van der Waals surface area contributed by atoms with Crippen LogP contribution in [0.15, 0.2) is 47.4 Å². The largest absolute Gasteiger partial charge is 0.496 e. The molecule has 146 valence electrons. The van der Waals surface area contributed by atoms with Crippen molar-refractivity contribution in [2.75, 3.05) is 27.1 Å². The molecular weight excluding hydrogens is 370 g/mol. The minimum absolute atomic E-state index is 0.132. The molecule has 0 aliphatic rings. The van der Waals surface area contributed by atoms with Gasteiger partial charge in [-0.15, -0.1) is 0 Å². The van der Waals surface area contributed by atoms with Crippen molar-refractivity contribution in [1.29, 1.82) is 0 Å². The van der Waals surface area contributed by atoms with E-state index in [0.717, 1.165) is 0 Å². The third kappa shape index (κ3) is 5.37. The Kier molecular flexibility index (Phi) is 7.06. The molecule has 0 aromatic heterocycles. The standard InChI is InChI=1S/C19H23NO6S/c1-24-16-12-18(26-3)17(25-2)11-14(16)13-20-19(21)9-10-27(22,23)15-7-5-4-6-8-15/h4-8,11-12H,9-10,13H2,1-3H3,(H,20,21). The minimum Gasteiger partial charge on any atom is -0.496 e. The highest BCUT2D eigenvalue weighted by molar-refractivity contribution is 7.91. The van der Waals surface area contributed by atoms with E-state index in [1.165, 1.54) is 33.5 Å². The van der Waals surface area contributed by atoms with E-state index in [4.69, 9.17) is 14.2 Å². The van der Waals surface area contributed by atoms with Crippen molar-refractivity contribution in [3.8, 4) is 17.2 Å². The Bertz CT molecular complexity index is 881. The molecule has 8 heteroatoms. The van der Waals surface area contributed by atoms with Crippen LogP contribution in [0.1, 0.15) is 12.0 Å². The molecule has 1 amide bonds. The highest BCUT2D eigenvalue weighted by Gasteiger charge is 2.17. The van der Waals surface area contributed by atoms with Gasteiger partial charge >= 0.3 is 0 Å². The van der Waals surface area contributed by atoms with Crippen LogP contribution in [0.25, 0.3) is 0 Å². The number of carbonyl (C=O) groups excluding carboxylic acids is 1. The molecule has 1 N–H and O–H groups in total. The van der Waals surface area contributed by atoms with E-state index < -0.39 is 9.84 Å². The summed E-state index contributed by atoms with van der Waals surface area (Å²) in [6.07, 6.45) is -0.132. The van der Waals surface area contributed by atoms with Crippen molar-refractivity contribution >= 4 is 15.7 Å². The molecule has 0 spiro atoms. The number of hydrogen-bond donors (Lipinski definition) is 1. The third-order valence-electron chi connectivity index (χ3n) is 3.96. The Hall–Kier alpha value is -2.74. The van der Waals surface area contributed by atoms with Gasteiger partial charge in [0.05, 0.1) is 32.0 Å². The van der Waals surface area contributed by atoms with E-state index >= 15 is 0 Å². The molecule has 0 aliphatic heterocycles. The Balaban J connectivity index is 1.99. The predicted molar refractivity (Wildman–Crippen MR) is 101 cm³/mol. The van der Waals surface area contributed by atoms with Gasteiger partial charge in [0.1, 0.15) is 5.75 Å². The smallest absolute Gasteiger partial charge is 0.221 e. The monoisotopic (exact) mass is 393 g/mol. The Morgan fingerprint density at radius 3 is 2.11 bits per heavy atom. The van der Waals surface area contributed by atoms with E-state index in [9.17, 15) is 13.2 Å². The Morgan fingerprint density at radius 2 is 1.52 bits per heavy atom. The molecule has 0 unspecified atom stereocenters. The second-order valence-electron chi connectivity index (χ2n) is 5.68. The molecule has 0 bridgehead atoms. The summed E-state index contributed by atoms with van der Waals surface area (Å²) in [5.74, 6) is 0.926. The number of amides is 1. The minimum atomic E-state index is -3.49. The maximum absolute atomic E-state index is 12.2. The van der Waals surface area contributed by atoms with Gasteiger partial charge in [-0.2, -0.15) is 0 Å². The Labute approximate surface area is 159 Å². The van der Waals surface area contributed by atoms with Gasteiger partial charge in [-0.05, 0) is 18.2 Å². The van der Waals surface area contributed by atoms with Crippen molar-refractivity contribution in [2.45, 2.75) is 17.9 Å². The maximum atomic E-state index is 12.2. The molecule has 0 fully saturated rings. The van der Waals surface area contributed by atoms with E-state index in [2.05, 4.69) is 5.32 Å². The number of hydrogen-bond acceptors (Lipinski definition) is 6. The molecular formula is C19H23NO6S. The van der Waals surface area contributed by atoms with E-state index in [-0.39, 0.29) is 29.5 Å². The maximum Gasteiger partial charge on any atom is 0.221 e. The molecule has 0 radical (unpaired) electrons. The van der Waals surface area contributed by atoms with Gasteiger partial charge in [-0.1, -0.05) is 18.2 Å². The summed E-state index contributed by atoms with van der Waals surface area (Å²) >= 11 is 0. The van der Waals surface area contributed by atoms with Gasteiger partial charge in [0.25, 0.3) is 0 Å². The lowest BCUT2D eigenvalue weighted by Gasteiger charge is -2.14. The summed E-state index contributed by atoms with van der Waals surface area (Å²) in [6, 6.07) is 11.4. The number of ether oxygens (including phenoxy) is 3. The van der Waals surface area contributed by atoms with Gasteiger partial charge in [-0.25, -0.2) is 8.42 Å². The topological polar surface area (TPSA) is 90.9 Å². The zero-order valence-electron chi connectivity index (χ0n) is 15.5. The second-order valence-corrected chi connectivity index (χ2v) is 7.79. The second kappa shape index (κ2) is 9.27. The van der Waals surface area contributed by atoms with Crippen LogP contribution >= 0.6 is 0 Å². The number of nitrogens with one attached hydrogen (secondary N) is 1. The van der Waals surface area contributed by atoms with E-state index in [0.29, 0.717) is 22.8 Å². The van der Waals surface area contributed by atoms with Crippen molar-refractivity contribution < 1.29 is 27.4 Å². The fraction of sp³-hybridized carbons (Fsp3) is 0.316. The molecule has 0 saturated heterocycles. The zero-order valence-corrected chi connectivity index (χ0v) is 16.3. The van der Waals surface area contributed by atoms with E-state index in [1.807, 2.05) is 0 Å². The molecule has 7 nitrogen and oxygen atoms in total. The zero-order chi connectivity index (χ0) is 19.9. The third-order valence-corrected chi connectivity index (χ3v) is 5.69. The lowest BCUT2D eigenvalue weighted by Crippen LogP contribution is -2.25. The lowest BCUT2D eigenvalue weighted by atomic mass is 10.1. The number of rotatable bonds is 9. The van der Waals surface area contributed by atoms with Crippen LogP contribution in [-0.4, -0.2) is 41.4 Å². The van der Waals surface area contributed by atoms with Crippen LogP contribution in [0.4, 0.5) is 0 Å². The average Bonchev–Trinajstić information content (AvgIpc) is 2.70. The first-order valence-corrected chi connectivity index (χ1v) is 9.90. The van der Waals surface area contributed by atoms with Gasteiger partial charge in [-0.3, -0.25) is 4.79 Å². The van der Waals surface area contributed by atoms with Crippen LogP contribution < -0.4 is 19.5 Å². The summed E-state index contributed by atoms with van der Waals surface area (Å²) in [5.41, 5.74) is 0.689. The molecule has 2 aromatic rings. The van der Waals surface area contributed by atoms with E-state index in [1.54, 1.807) is 30.3 Å². The molecule has 2 rings (SSSR count). The van der Waals surface area contributed by atoms with Crippen molar-refractivity contribution in [2.24, 2.45) is 0 Å². The Morgan fingerprint density at radius 1 is 0.926 bits per heavy atom. The van der Waals surface area contributed by atoms with Crippen molar-refractivity contribution in [3.63, 3.8) is 0 Å². The number of sulfone groups is 1. The number of benzene rings is 2. The molecule has 0 atom stereocenters. The first kappa shape index (κ1) is 20.6. The predicted octanol–water partition coefficient (Wildman–Crippen LogP) is 2.19. The first-order chi connectivity index (χ1) is 12.9. The summed E-state index contributed by atoms with van der Waals surface area (Å²) < 4.78 is 40.2. The lowest BCUT2D eigenvalue weighted by molar-refractivity contribution is -0.120. The van der Waals surface area contributed by atoms with Gasteiger partial charge in [0.2, 0.25) is 5.91 Å². The molecule has 2 aromatic carbocycles. The van der Waals surface area contributed by atoms with Gasteiger partial charge < -0.3 is 19.5 Å². The van der Waals surface area contributed by atoms with Crippen LogP contribution in [0.2, 0.25) is 0 Å². The summed E-state index contributed by atoms with van der Waals surface area (Å²) in [4.78, 5) is 12.3. The summed E-state index contributed by atoms with van der Waals surface area (Å²) in [6.45, 7) is 0.174. The van der Waals surface area contributed by atoms with Crippen LogP contribution in [0, 0.1) is 0 Å². The number of carbonyl (C=O) groups is 1. The summed E-state index contributed by atoms with van der Waals surface area (Å²) in [5, 5.41) is 2.71. The molecule has 27 heavy (non-hydrogen) atoms. The SMILES string of the molecule is COc1cc(OC)c(OC)cc1CNC(=O)CCS(=O)(=O)c1ccccc1. The van der Waals surface area contributed by atoms with Gasteiger partial charge in [0.15, 0.2) is 21.3 Å². The van der Waals surface area contributed by atoms with Crippen molar-refractivity contribution in [1.82, 2.24) is 5.32 Å². The fourth-order valence-electron chi connectivity index (χ4n) is 2.49. The molecule has 0 heterocycles. The highest BCUT2D eigenvalue weighted by Crippen LogP contribution is 2.34. The normalized spacial score (nSPS) is 10.9. The highest BCUT2D eigenvalue weighted by atomic mass is 32.2. The quantitative estimate of drug-likeness (QED) is 0.702.